The lowest BCUT2D eigenvalue weighted by molar-refractivity contribution is 0.420. The van der Waals surface area contributed by atoms with Gasteiger partial charge in [0.2, 0.25) is 0 Å². The van der Waals surface area contributed by atoms with Crippen molar-refractivity contribution in [3.63, 3.8) is 0 Å². The molecule has 2 atom stereocenters. The van der Waals surface area contributed by atoms with Gasteiger partial charge in [-0.25, -0.2) is 18.1 Å². The third kappa shape index (κ3) is 1.87. The van der Waals surface area contributed by atoms with Gasteiger partial charge in [0.05, 0.1) is 12.3 Å². The largest absolute Gasteiger partial charge is 0.326 e. The maximum absolute atomic E-state index is 11.8. The fourth-order valence-corrected chi connectivity index (χ4v) is 4.37. The first-order valence-electron chi connectivity index (χ1n) is 5.97. The van der Waals surface area contributed by atoms with E-state index in [0.717, 1.165) is 25.1 Å². The fourth-order valence-electron chi connectivity index (χ4n) is 2.57. The average Bonchev–Trinajstić information content (AvgIpc) is 2.79. The Balaban J connectivity index is 1.95. The quantitative estimate of drug-likeness (QED) is 0.751. The highest BCUT2D eigenvalue weighted by Gasteiger charge is 2.36. The van der Waals surface area contributed by atoms with Gasteiger partial charge >= 0.3 is 0 Å². The topological polar surface area (TPSA) is 90.9 Å². The van der Waals surface area contributed by atoms with Crippen molar-refractivity contribution in [1.29, 1.82) is 0 Å². The van der Waals surface area contributed by atoms with E-state index in [9.17, 15) is 8.42 Å². The molecule has 0 saturated carbocycles. The molecule has 2 unspecified atom stereocenters. The van der Waals surface area contributed by atoms with E-state index in [0.29, 0.717) is 18.8 Å². The van der Waals surface area contributed by atoms with Crippen LogP contribution in [0.2, 0.25) is 0 Å². The van der Waals surface area contributed by atoms with Gasteiger partial charge in [-0.1, -0.05) is 0 Å². The van der Waals surface area contributed by atoms with E-state index in [2.05, 4.69) is 10.1 Å². The minimum absolute atomic E-state index is 0.109. The van der Waals surface area contributed by atoms with Gasteiger partial charge in [0.15, 0.2) is 15.7 Å². The summed E-state index contributed by atoms with van der Waals surface area (Å²) >= 11 is 0. The number of nitrogens with two attached hydrogens (primary N) is 1. The fraction of sp³-hybridized carbons (Fsp3) is 0.800. The SMILES string of the molecule is NC1CCc2nc(C3CCCS3(=O)=O)nn2C1. The van der Waals surface area contributed by atoms with Crippen molar-refractivity contribution >= 4 is 9.84 Å². The van der Waals surface area contributed by atoms with Crippen LogP contribution in [0, 0.1) is 0 Å². The molecule has 2 aliphatic heterocycles. The molecule has 17 heavy (non-hydrogen) atoms. The molecule has 2 aliphatic rings. The Morgan fingerprint density at radius 2 is 2.18 bits per heavy atom. The molecule has 1 aromatic heterocycles. The molecule has 0 aliphatic carbocycles. The molecule has 2 N–H and O–H groups in total. The Morgan fingerprint density at radius 3 is 2.88 bits per heavy atom. The molecule has 0 spiro atoms. The van der Waals surface area contributed by atoms with Crippen molar-refractivity contribution in [2.45, 2.75) is 43.5 Å². The third-order valence-corrected chi connectivity index (χ3v) is 5.70. The van der Waals surface area contributed by atoms with E-state index in [-0.39, 0.29) is 11.8 Å². The summed E-state index contributed by atoms with van der Waals surface area (Å²) in [7, 11) is -3.02. The summed E-state index contributed by atoms with van der Waals surface area (Å²) in [5, 5.41) is 3.84. The van der Waals surface area contributed by atoms with E-state index < -0.39 is 15.1 Å². The molecule has 0 bridgehead atoms. The lowest BCUT2D eigenvalue weighted by atomic mass is 10.1. The highest BCUT2D eigenvalue weighted by atomic mass is 32.2. The number of rotatable bonds is 1. The maximum atomic E-state index is 11.8. The monoisotopic (exact) mass is 256 g/mol. The average molecular weight is 256 g/mol. The van der Waals surface area contributed by atoms with Crippen LogP contribution in [0.1, 0.15) is 36.2 Å². The molecule has 94 valence electrons. The predicted molar refractivity (Wildman–Crippen MR) is 62.1 cm³/mol. The number of fused-ring (bicyclic) bond motifs is 1. The molecule has 0 aromatic carbocycles. The zero-order valence-electron chi connectivity index (χ0n) is 9.54. The molecule has 1 saturated heterocycles. The first kappa shape index (κ1) is 11.2. The first-order valence-corrected chi connectivity index (χ1v) is 7.68. The molecular weight excluding hydrogens is 240 g/mol. The molecule has 7 heteroatoms. The van der Waals surface area contributed by atoms with Crippen LogP contribution >= 0.6 is 0 Å². The van der Waals surface area contributed by atoms with Crippen LogP contribution in [-0.2, 0) is 22.8 Å². The van der Waals surface area contributed by atoms with Gasteiger partial charge in [0, 0.05) is 12.5 Å². The molecule has 0 amide bonds. The summed E-state index contributed by atoms with van der Waals surface area (Å²) < 4.78 is 25.4. The number of aryl methyl sites for hydroxylation is 1. The van der Waals surface area contributed by atoms with E-state index in [1.54, 1.807) is 4.68 Å². The van der Waals surface area contributed by atoms with Gasteiger partial charge in [0.1, 0.15) is 11.1 Å². The second-order valence-electron chi connectivity index (χ2n) is 4.86. The summed E-state index contributed by atoms with van der Waals surface area (Å²) in [5.74, 6) is 1.62. The standard InChI is InChI=1S/C10H16N4O2S/c11-7-3-4-9-12-10(13-14(9)6-7)8-2-1-5-17(8,15)16/h7-8H,1-6,11H2. The minimum atomic E-state index is -3.02. The van der Waals surface area contributed by atoms with Gasteiger partial charge in [0.25, 0.3) is 0 Å². The second kappa shape index (κ2) is 3.78. The van der Waals surface area contributed by atoms with Crippen molar-refractivity contribution in [2.24, 2.45) is 5.73 Å². The Kier molecular flexibility index (Phi) is 2.48. The normalized spacial score (nSPS) is 31.4. The van der Waals surface area contributed by atoms with E-state index in [1.807, 2.05) is 0 Å². The summed E-state index contributed by atoms with van der Waals surface area (Å²) in [6, 6.07) is 0.109. The van der Waals surface area contributed by atoms with Gasteiger partial charge in [-0.3, -0.25) is 0 Å². The first-order chi connectivity index (χ1) is 8.06. The molecule has 3 rings (SSSR count). The molecule has 0 radical (unpaired) electrons. The van der Waals surface area contributed by atoms with Gasteiger partial charge in [-0.05, 0) is 19.3 Å². The molecule has 6 nitrogen and oxygen atoms in total. The van der Waals surface area contributed by atoms with Crippen LogP contribution in [-0.4, -0.2) is 35.0 Å². The lowest BCUT2D eigenvalue weighted by Crippen LogP contribution is -2.32. The zero-order chi connectivity index (χ0) is 12.0. The number of hydrogen-bond acceptors (Lipinski definition) is 5. The van der Waals surface area contributed by atoms with Crippen LogP contribution in [0.5, 0.6) is 0 Å². The lowest BCUT2D eigenvalue weighted by Gasteiger charge is -2.17. The van der Waals surface area contributed by atoms with Gasteiger partial charge in [-0.15, -0.1) is 0 Å². The Hall–Kier alpha value is -0.950. The smallest absolute Gasteiger partial charge is 0.169 e. The second-order valence-corrected chi connectivity index (χ2v) is 7.17. The summed E-state index contributed by atoms with van der Waals surface area (Å²) in [4.78, 5) is 4.38. The van der Waals surface area contributed by atoms with Crippen molar-refractivity contribution in [1.82, 2.24) is 14.8 Å². The number of sulfone groups is 1. The van der Waals surface area contributed by atoms with Crippen molar-refractivity contribution in [3.05, 3.63) is 11.6 Å². The highest BCUT2D eigenvalue weighted by molar-refractivity contribution is 7.91. The molecule has 1 fully saturated rings. The molecule has 3 heterocycles. The van der Waals surface area contributed by atoms with E-state index >= 15 is 0 Å². The Labute approximate surface area is 100 Å². The van der Waals surface area contributed by atoms with Crippen LogP contribution in [0.3, 0.4) is 0 Å². The van der Waals surface area contributed by atoms with E-state index in [4.69, 9.17) is 5.73 Å². The summed E-state index contributed by atoms with van der Waals surface area (Å²) in [6.45, 7) is 0.648. The van der Waals surface area contributed by atoms with Crippen molar-refractivity contribution < 1.29 is 8.42 Å². The van der Waals surface area contributed by atoms with Crippen LogP contribution < -0.4 is 5.73 Å². The predicted octanol–water partition coefficient (Wildman–Crippen LogP) is -0.199. The molecule has 1 aromatic rings. The third-order valence-electron chi connectivity index (χ3n) is 3.53. The van der Waals surface area contributed by atoms with E-state index in [1.165, 1.54) is 0 Å². The van der Waals surface area contributed by atoms with Gasteiger partial charge in [-0.2, -0.15) is 5.10 Å². The molecular formula is C10H16N4O2S. The Bertz CT molecular complexity index is 537. The van der Waals surface area contributed by atoms with Gasteiger partial charge < -0.3 is 5.73 Å². The van der Waals surface area contributed by atoms with Crippen LogP contribution in [0.25, 0.3) is 0 Å². The number of nitrogens with zero attached hydrogens (tertiary/aromatic N) is 3. The number of hydrogen-bond donors (Lipinski definition) is 1. The highest BCUT2D eigenvalue weighted by Crippen LogP contribution is 2.33. The maximum Gasteiger partial charge on any atom is 0.169 e. The van der Waals surface area contributed by atoms with Crippen molar-refractivity contribution in [3.8, 4) is 0 Å². The minimum Gasteiger partial charge on any atom is -0.326 e. The summed E-state index contributed by atoms with van der Waals surface area (Å²) in [5.41, 5.74) is 5.86. The summed E-state index contributed by atoms with van der Waals surface area (Å²) in [6.07, 6.45) is 3.06. The number of aromatic nitrogens is 3. The Morgan fingerprint density at radius 1 is 1.35 bits per heavy atom. The van der Waals surface area contributed by atoms with Crippen molar-refractivity contribution in [2.75, 3.05) is 5.75 Å². The van der Waals surface area contributed by atoms with Crippen LogP contribution in [0.4, 0.5) is 0 Å². The zero-order valence-corrected chi connectivity index (χ0v) is 10.4. The van der Waals surface area contributed by atoms with Crippen LogP contribution in [0.15, 0.2) is 0 Å².